The molecule has 0 saturated heterocycles. The van der Waals surface area contributed by atoms with Crippen molar-refractivity contribution >= 4 is 17.7 Å². The van der Waals surface area contributed by atoms with Crippen LogP contribution in [0.15, 0.2) is 29.2 Å². The summed E-state index contributed by atoms with van der Waals surface area (Å²) in [4.78, 5) is 11.9. The number of benzene rings is 1. The van der Waals surface area contributed by atoms with E-state index >= 15 is 0 Å². The molecule has 0 heterocycles. The number of hydrogen-bond acceptors (Lipinski definition) is 4. The van der Waals surface area contributed by atoms with Crippen molar-refractivity contribution in [3.63, 3.8) is 0 Å². The zero-order valence-electron chi connectivity index (χ0n) is 11.3. The lowest BCUT2D eigenvalue weighted by molar-refractivity contribution is -0.144. The van der Waals surface area contributed by atoms with Crippen molar-refractivity contribution < 1.29 is 20.1 Å². The quantitative estimate of drug-likeness (QED) is 0.727. The van der Waals surface area contributed by atoms with Crippen molar-refractivity contribution in [2.24, 2.45) is 5.92 Å². The third kappa shape index (κ3) is 3.98. The first-order valence-corrected chi connectivity index (χ1v) is 7.79. The lowest BCUT2D eigenvalue weighted by Crippen LogP contribution is -2.38. The number of aliphatic hydroxyl groups excluding tert-OH is 1. The lowest BCUT2D eigenvalue weighted by atomic mass is 9.80. The smallest absolute Gasteiger partial charge is 0.306 e. The Bertz CT molecular complexity index is 449. The molecule has 110 valence electrons. The monoisotopic (exact) mass is 296 g/mol. The van der Waals surface area contributed by atoms with E-state index in [-0.39, 0.29) is 12.5 Å². The van der Waals surface area contributed by atoms with E-state index in [1.54, 1.807) is 11.8 Å². The molecular weight excluding hydrogens is 276 g/mol. The first kappa shape index (κ1) is 15.4. The van der Waals surface area contributed by atoms with E-state index in [0.717, 1.165) is 10.5 Å². The summed E-state index contributed by atoms with van der Waals surface area (Å²) in [6.45, 7) is 0.0332. The highest BCUT2D eigenvalue weighted by atomic mass is 32.2. The fraction of sp³-hybridized carbons (Fsp3) is 0.533. The predicted octanol–water partition coefficient (Wildman–Crippen LogP) is 2.28. The normalized spacial score (nSPS) is 26.4. The molecule has 2 rings (SSSR count). The van der Waals surface area contributed by atoms with Crippen molar-refractivity contribution in [2.45, 2.75) is 42.8 Å². The van der Waals surface area contributed by atoms with Crippen molar-refractivity contribution in [1.82, 2.24) is 0 Å². The first-order valence-electron chi connectivity index (χ1n) is 6.80. The molecule has 0 atom stereocenters. The lowest BCUT2D eigenvalue weighted by Gasteiger charge is -2.34. The second-order valence-electron chi connectivity index (χ2n) is 5.43. The molecule has 0 aromatic heterocycles. The van der Waals surface area contributed by atoms with Gasteiger partial charge in [0.1, 0.15) is 0 Å². The zero-order valence-corrected chi connectivity index (χ0v) is 12.1. The van der Waals surface area contributed by atoms with Crippen LogP contribution in [-0.4, -0.2) is 32.6 Å². The van der Waals surface area contributed by atoms with E-state index in [1.165, 1.54) is 0 Å². The second-order valence-corrected chi connectivity index (χ2v) is 6.48. The number of carboxylic acid groups (broad SMARTS) is 1. The van der Waals surface area contributed by atoms with Crippen molar-refractivity contribution in [2.75, 3.05) is 5.75 Å². The summed E-state index contributed by atoms with van der Waals surface area (Å²) in [5.74, 6) is -0.471. The third-order valence-corrected chi connectivity index (χ3v) is 5.17. The van der Waals surface area contributed by atoms with Gasteiger partial charge in [-0.2, -0.15) is 0 Å². The Morgan fingerprint density at radius 3 is 2.35 bits per heavy atom. The number of carbonyl (C=O) groups is 1. The molecule has 1 saturated carbocycles. The molecule has 0 amide bonds. The van der Waals surface area contributed by atoms with Crippen LogP contribution < -0.4 is 0 Å². The maximum Gasteiger partial charge on any atom is 0.306 e. The molecule has 1 aliphatic rings. The van der Waals surface area contributed by atoms with Gasteiger partial charge in [-0.15, -0.1) is 11.8 Å². The van der Waals surface area contributed by atoms with Crippen LogP contribution in [0.4, 0.5) is 0 Å². The molecule has 1 aromatic carbocycles. The van der Waals surface area contributed by atoms with Crippen LogP contribution in [0, 0.1) is 5.92 Å². The molecule has 1 fully saturated rings. The Morgan fingerprint density at radius 1 is 1.25 bits per heavy atom. The van der Waals surface area contributed by atoms with Crippen molar-refractivity contribution in [3.8, 4) is 0 Å². The minimum Gasteiger partial charge on any atom is -0.481 e. The third-order valence-electron chi connectivity index (χ3n) is 3.88. The van der Waals surface area contributed by atoms with Gasteiger partial charge >= 0.3 is 5.97 Å². The number of aliphatic hydroxyl groups is 2. The molecule has 0 aliphatic heterocycles. The van der Waals surface area contributed by atoms with Gasteiger partial charge < -0.3 is 15.3 Å². The largest absolute Gasteiger partial charge is 0.481 e. The highest BCUT2D eigenvalue weighted by Gasteiger charge is 2.35. The van der Waals surface area contributed by atoms with Crippen LogP contribution >= 0.6 is 11.8 Å². The number of thioether (sulfide) groups is 1. The van der Waals surface area contributed by atoms with Crippen LogP contribution in [0.25, 0.3) is 0 Å². The maximum absolute atomic E-state index is 10.9. The average molecular weight is 296 g/mol. The summed E-state index contributed by atoms with van der Waals surface area (Å²) >= 11 is 1.58. The molecule has 0 radical (unpaired) electrons. The van der Waals surface area contributed by atoms with Gasteiger partial charge in [0.15, 0.2) is 0 Å². The standard InChI is InChI=1S/C15H20O4S/c16-9-11-1-3-13(4-2-11)20-10-15(19)7-5-12(6-8-15)14(17)18/h1-4,12,16,19H,5-10H2,(H,17,18). The summed E-state index contributed by atoms with van der Waals surface area (Å²) in [6.07, 6.45) is 2.20. The highest BCUT2D eigenvalue weighted by molar-refractivity contribution is 7.99. The molecule has 5 heteroatoms. The van der Waals surface area contributed by atoms with Gasteiger partial charge in [0, 0.05) is 10.6 Å². The second kappa shape index (κ2) is 6.61. The average Bonchev–Trinajstić information content (AvgIpc) is 2.46. The summed E-state index contributed by atoms with van der Waals surface area (Å²) < 4.78 is 0. The summed E-state index contributed by atoms with van der Waals surface area (Å²) in [6, 6.07) is 7.60. The van der Waals surface area contributed by atoms with Gasteiger partial charge in [-0.3, -0.25) is 4.79 Å². The highest BCUT2D eigenvalue weighted by Crippen LogP contribution is 2.36. The van der Waals surface area contributed by atoms with Gasteiger partial charge in [0.2, 0.25) is 0 Å². The molecule has 3 N–H and O–H groups in total. The molecule has 1 aromatic rings. The summed E-state index contributed by atoms with van der Waals surface area (Å²) in [5.41, 5.74) is 0.113. The van der Waals surface area contributed by atoms with Crippen molar-refractivity contribution in [1.29, 1.82) is 0 Å². The Balaban J connectivity index is 1.85. The van der Waals surface area contributed by atoms with E-state index < -0.39 is 11.6 Å². The minimum atomic E-state index is -0.758. The maximum atomic E-state index is 10.9. The van der Waals surface area contributed by atoms with Gasteiger partial charge in [-0.25, -0.2) is 0 Å². The summed E-state index contributed by atoms with van der Waals surface area (Å²) in [7, 11) is 0. The van der Waals surface area contributed by atoms with E-state index in [4.69, 9.17) is 10.2 Å². The Hall–Kier alpha value is -1.04. The van der Waals surface area contributed by atoms with Crippen LogP contribution in [0.3, 0.4) is 0 Å². The molecule has 0 unspecified atom stereocenters. The molecular formula is C15H20O4S. The Morgan fingerprint density at radius 2 is 1.85 bits per heavy atom. The van der Waals surface area contributed by atoms with Gasteiger partial charge in [-0.1, -0.05) is 12.1 Å². The molecule has 20 heavy (non-hydrogen) atoms. The predicted molar refractivity (Wildman–Crippen MR) is 77.6 cm³/mol. The Labute approximate surface area is 122 Å². The summed E-state index contributed by atoms with van der Waals surface area (Å²) in [5, 5.41) is 28.4. The van der Waals surface area contributed by atoms with Crippen molar-refractivity contribution in [3.05, 3.63) is 29.8 Å². The number of hydrogen-bond donors (Lipinski definition) is 3. The topological polar surface area (TPSA) is 77.8 Å². The van der Waals surface area contributed by atoms with Crippen LogP contribution in [0.1, 0.15) is 31.2 Å². The number of carboxylic acids is 1. The van der Waals surface area contributed by atoms with E-state index in [2.05, 4.69) is 0 Å². The number of rotatable bonds is 5. The van der Waals surface area contributed by atoms with Crippen LogP contribution in [-0.2, 0) is 11.4 Å². The fourth-order valence-electron chi connectivity index (χ4n) is 2.46. The molecule has 1 aliphatic carbocycles. The zero-order chi connectivity index (χ0) is 14.6. The van der Waals surface area contributed by atoms with Gasteiger partial charge in [-0.05, 0) is 43.4 Å². The molecule has 0 bridgehead atoms. The minimum absolute atomic E-state index is 0.0332. The fourth-order valence-corrected chi connectivity index (χ4v) is 3.51. The Kier molecular flexibility index (Phi) is 5.07. The molecule has 0 spiro atoms. The van der Waals surface area contributed by atoms with Gasteiger partial charge in [0.25, 0.3) is 0 Å². The number of aliphatic carboxylic acids is 1. The van der Waals surface area contributed by atoms with E-state index in [1.807, 2.05) is 24.3 Å². The van der Waals surface area contributed by atoms with E-state index in [0.29, 0.717) is 31.4 Å². The van der Waals surface area contributed by atoms with E-state index in [9.17, 15) is 9.90 Å². The molecule has 4 nitrogen and oxygen atoms in total. The SMILES string of the molecule is O=C(O)C1CCC(O)(CSc2ccc(CO)cc2)CC1. The van der Waals surface area contributed by atoms with Gasteiger partial charge in [0.05, 0.1) is 18.1 Å². The van der Waals surface area contributed by atoms with Crippen LogP contribution in [0.5, 0.6) is 0 Å². The first-order chi connectivity index (χ1) is 9.52. The van der Waals surface area contributed by atoms with Crippen LogP contribution in [0.2, 0.25) is 0 Å².